The first-order valence-electron chi connectivity index (χ1n) is 10.7. The van der Waals surface area contributed by atoms with Crippen molar-refractivity contribution in [2.24, 2.45) is 5.41 Å². The summed E-state index contributed by atoms with van der Waals surface area (Å²) in [5.41, 5.74) is -2.25. The molecule has 1 aromatic rings. The van der Waals surface area contributed by atoms with Crippen LogP contribution < -0.4 is 0 Å². The molecule has 0 bridgehead atoms. The monoisotopic (exact) mass is 488 g/mol. The summed E-state index contributed by atoms with van der Waals surface area (Å²) in [4.78, 5) is 32.2. The number of aromatic nitrogens is 1. The molecule has 0 radical (unpaired) electrons. The zero-order chi connectivity index (χ0) is 24.5. The molecule has 0 N–H and O–H groups in total. The van der Waals surface area contributed by atoms with Gasteiger partial charge in [0.15, 0.2) is 5.82 Å². The number of amides is 1. The van der Waals surface area contributed by atoms with E-state index in [9.17, 15) is 9.59 Å². The van der Waals surface area contributed by atoms with E-state index in [2.05, 4.69) is 4.98 Å². The van der Waals surface area contributed by atoms with Crippen LogP contribution in [0.4, 0.5) is 9.18 Å². The summed E-state index contributed by atoms with van der Waals surface area (Å²) in [5.74, 6) is -0.903. The van der Waals surface area contributed by atoms with Crippen LogP contribution in [0.25, 0.3) is 0 Å². The molecule has 1 amide bonds. The third kappa shape index (κ3) is 6.73. The van der Waals surface area contributed by atoms with E-state index < -0.39 is 34.5 Å². The van der Waals surface area contributed by atoms with E-state index in [1.54, 1.807) is 52.7 Å². The van der Waals surface area contributed by atoms with Crippen molar-refractivity contribution in [1.29, 1.82) is 0 Å². The number of carbonyl (C=O) groups is 2. The maximum atomic E-state index is 15.1. The van der Waals surface area contributed by atoms with Crippen LogP contribution in [0.15, 0.2) is 11.0 Å². The van der Waals surface area contributed by atoms with Crippen molar-refractivity contribution in [3.63, 3.8) is 0 Å². The predicted molar refractivity (Wildman–Crippen MR) is 125 cm³/mol. The Bertz CT molecular complexity index is 869. The van der Waals surface area contributed by atoms with Crippen molar-refractivity contribution in [3.8, 4) is 0 Å². The average molecular weight is 489 g/mol. The first-order chi connectivity index (χ1) is 14.6. The molecule has 180 valence electrons. The number of piperidine rings is 1. The van der Waals surface area contributed by atoms with Gasteiger partial charge in [0.25, 0.3) is 0 Å². The predicted octanol–water partition coefficient (Wildman–Crippen LogP) is 5.89. The standard InChI is InChI=1S/C23H34ClFN2O4S/c1-14-12-23(19(28)30-21(2,3)4,9-10-27(14)20(29)31-22(5,6)7)13-15-18(25)16(32-8)11-17(24)26-15/h11,14H,9-10,12-13H2,1-8H3/t14-,23-/m1/s1. The van der Waals surface area contributed by atoms with E-state index in [0.717, 1.165) is 0 Å². The van der Waals surface area contributed by atoms with Gasteiger partial charge < -0.3 is 14.4 Å². The lowest BCUT2D eigenvalue weighted by Crippen LogP contribution is -2.54. The Kier molecular flexibility index (Phi) is 8.14. The number of esters is 1. The summed E-state index contributed by atoms with van der Waals surface area (Å²) in [5, 5.41) is 0.171. The van der Waals surface area contributed by atoms with Crippen molar-refractivity contribution < 1.29 is 23.5 Å². The Morgan fingerprint density at radius 1 is 1.25 bits per heavy atom. The van der Waals surface area contributed by atoms with E-state index in [1.165, 1.54) is 17.8 Å². The van der Waals surface area contributed by atoms with Gasteiger partial charge in [-0.3, -0.25) is 4.79 Å². The molecule has 2 atom stereocenters. The van der Waals surface area contributed by atoms with Gasteiger partial charge in [-0.2, -0.15) is 0 Å². The molecule has 0 unspecified atom stereocenters. The zero-order valence-corrected chi connectivity index (χ0v) is 21.7. The first kappa shape index (κ1) is 26.7. The van der Waals surface area contributed by atoms with Crippen molar-refractivity contribution in [1.82, 2.24) is 9.88 Å². The zero-order valence-electron chi connectivity index (χ0n) is 20.2. The van der Waals surface area contributed by atoms with E-state index >= 15 is 4.39 Å². The lowest BCUT2D eigenvalue weighted by atomic mass is 9.72. The topological polar surface area (TPSA) is 68.7 Å². The normalized spacial score (nSPS) is 21.9. The smallest absolute Gasteiger partial charge is 0.410 e. The molecule has 0 spiro atoms. The highest BCUT2D eigenvalue weighted by Gasteiger charge is 2.49. The second-order valence-electron chi connectivity index (χ2n) is 10.3. The van der Waals surface area contributed by atoms with Gasteiger partial charge in [0, 0.05) is 23.9 Å². The fourth-order valence-electron chi connectivity index (χ4n) is 3.84. The van der Waals surface area contributed by atoms with Gasteiger partial charge in [-0.05, 0) is 73.6 Å². The molecule has 0 aromatic carbocycles. The maximum absolute atomic E-state index is 15.1. The van der Waals surface area contributed by atoms with E-state index in [-0.39, 0.29) is 29.9 Å². The Labute approximate surface area is 199 Å². The number of rotatable bonds is 4. The minimum absolute atomic E-state index is 0.0361. The third-order valence-corrected chi connectivity index (χ3v) is 6.13. The molecule has 1 aliphatic heterocycles. The molecule has 6 nitrogen and oxygen atoms in total. The molecular formula is C23H34ClFN2O4S. The number of carbonyl (C=O) groups excluding carboxylic acids is 2. The van der Waals surface area contributed by atoms with Crippen molar-refractivity contribution in [3.05, 3.63) is 22.7 Å². The highest BCUT2D eigenvalue weighted by molar-refractivity contribution is 7.98. The van der Waals surface area contributed by atoms with Crippen LogP contribution in [0.1, 0.15) is 67.0 Å². The van der Waals surface area contributed by atoms with Gasteiger partial charge in [0.2, 0.25) is 0 Å². The molecule has 2 heterocycles. The lowest BCUT2D eigenvalue weighted by molar-refractivity contribution is -0.172. The van der Waals surface area contributed by atoms with Crippen molar-refractivity contribution in [2.45, 2.75) is 89.9 Å². The molecule has 1 aliphatic rings. The van der Waals surface area contributed by atoms with Gasteiger partial charge >= 0.3 is 12.1 Å². The number of halogens is 2. The number of ether oxygens (including phenoxy) is 2. The number of hydrogen-bond donors (Lipinski definition) is 0. The first-order valence-corrected chi connectivity index (χ1v) is 12.3. The van der Waals surface area contributed by atoms with Crippen LogP contribution in [-0.2, 0) is 20.7 Å². The minimum atomic E-state index is -1.04. The summed E-state index contributed by atoms with van der Waals surface area (Å²) in [6.07, 6.45) is 1.95. The second-order valence-corrected chi connectivity index (χ2v) is 11.6. The Morgan fingerprint density at radius 3 is 2.34 bits per heavy atom. The Balaban J connectivity index is 2.40. The average Bonchev–Trinajstić information content (AvgIpc) is 2.61. The largest absolute Gasteiger partial charge is 0.460 e. The highest BCUT2D eigenvalue weighted by atomic mass is 35.5. The fraction of sp³-hybridized carbons (Fsp3) is 0.696. The highest BCUT2D eigenvalue weighted by Crippen LogP contribution is 2.41. The maximum Gasteiger partial charge on any atom is 0.410 e. The fourth-order valence-corrected chi connectivity index (χ4v) is 4.64. The molecule has 0 aliphatic carbocycles. The lowest BCUT2D eigenvalue weighted by Gasteiger charge is -2.44. The van der Waals surface area contributed by atoms with Gasteiger partial charge in [0.05, 0.1) is 11.1 Å². The molecule has 32 heavy (non-hydrogen) atoms. The Morgan fingerprint density at radius 2 is 1.84 bits per heavy atom. The van der Waals surface area contributed by atoms with Gasteiger partial charge in [-0.25, -0.2) is 14.2 Å². The summed E-state index contributed by atoms with van der Waals surface area (Å²) in [6.45, 7) is 12.9. The van der Waals surface area contributed by atoms with E-state index in [4.69, 9.17) is 21.1 Å². The molecular weight excluding hydrogens is 455 g/mol. The van der Waals surface area contributed by atoms with Gasteiger partial charge in [-0.1, -0.05) is 11.6 Å². The summed E-state index contributed by atoms with van der Waals surface area (Å²) in [7, 11) is 0. The van der Waals surface area contributed by atoms with Crippen LogP contribution in [0.3, 0.4) is 0 Å². The Hall–Kier alpha value is -1.54. The molecule has 0 saturated carbocycles. The van der Waals surface area contributed by atoms with Crippen molar-refractivity contribution >= 4 is 35.4 Å². The summed E-state index contributed by atoms with van der Waals surface area (Å²) >= 11 is 7.36. The van der Waals surface area contributed by atoms with Crippen molar-refractivity contribution in [2.75, 3.05) is 12.8 Å². The number of nitrogens with zero attached hydrogens (tertiary/aromatic N) is 2. The molecule has 1 saturated heterocycles. The molecule has 1 aromatic heterocycles. The van der Waals surface area contributed by atoms with Crippen LogP contribution in [-0.4, -0.2) is 52.0 Å². The van der Waals surface area contributed by atoms with Gasteiger partial charge in [-0.15, -0.1) is 11.8 Å². The number of pyridine rings is 1. The van der Waals surface area contributed by atoms with E-state index in [0.29, 0.717) is 17.7 Å². The number of likely N-dealkylation sites (tertiary alicyclic amines) is 1. The summed E-state index contributed by atoms with van der Waals surface area (Å²) in [6, 6.07) is 1.16. The molecule has 9 heteroatoms. The van der Waals surface area contributed by atoms with Crippen LogP contribution in [0.5, 0.6) is 0 Å². The quantitative estimate of drug-likeness (QED) is 0.299. The minimum Gasteiger partial charge on any atom is -0.460 e. The number of hydrogen-bond acceptors (Lipinski definition) is 6. The van der Waals surface area contributed by atoms with E-state index in [1.807, 2.05) is 6.92 Å². The van der Waals surface area contributed by atoms with Crippen LogP contribution >= 0.6 is 23.4 Å². The third-order valence-electron chi connectivity index (χ3n) is 5.20. The number of thioether (sulfide) groups is 1. The SMILES string of the molecule is CSc1cc(Cl)nc(C[C@@]2(C(=O)OC(C)(C)C)CCN(C(=O)OC(C)(C)C)[C@H](C)C2)c1F. The second kappa shape index (κ2) is 9.75. The van der Waals surface area contributed by atoms with Gasteiger partial charge in [0.1, 0.15) is 16.4 Å². The molecule has 1 fully saturated rings. The van der Waals surface area contributed by atoms with Crippen LogP contribution in [0, 0.1) is 11.2 Å². The van der Waals surface area contributed by atoms with Crippen LogP contribution in [0.2, 0.25) is 5.15 Å². The molecule has 2 rings (SSSR count). The summed E-state index contributed by atoms with van der Waals surface area (Å²) < 4.78 is 26.3.